The van der Waals surface area contributed by atoms with Crippen LogP contribution in [0.3, 0.4) is 0 Å². The molecule has 104 valence electrons. The fourth-order valence-corrected chi connectivity index (χ4v) is 3.83. The second kappa shape index (κ2) is 6.70. The predicted molar refractivity (Wildman–Crippen MR) is 85.6 cm³/mol. The summed E-state index contributed by atoms with van der Waals surface area (Å²) in [6.45, 7) is 6.05. The standard InChI is InChI=1S/C13H18ClN3S2/c1-4-15-9(2)11-8-18-13(16-11)17(3)7-10-5-6-12(14)19-10/h5-6,8-9,15H,4,7H2,1-3H3. The Kier molecular flexibility index (Phi) is 5.21. The summed E-state index contributed by atoms with van der Waals surface area (Å²) >= 11 is 9.25. The number of thiophene rings is 1. The zero-order chi connectivity index (χ0) is 13.8. The summed E-state index contributed by atoms with van der Waals surface area (Å²) in [5.74, 6) is 0. The van der Waals surface area contributed by atoms with Gasteiger partial charge in [-0.25, -0.2) is 4.98 Å². The average molecular weight is 316 g/mol. The summed E-state index contributed by atoms with van der Waals surface area (Å²) in [5.41, 5.74) is 1.11. The summed E-state index contributed by atoms with van der Waals surface area (Å²) in [6.07, 6.45) is 0. The number of aromatic nitrogens is 1. The Morgan fingerprint density at radius 3 is 2.89 bits per heavy atom. The maximum absolute atomic E-state index is 5.95. The average Bonchev–Trinajstić information content (AvgIpc) is 2.98. The van der Waals surface area contributed by atoms with Gasteiger partial charge in [0.05, 0.1) is 16.6 Å². The smallest absolute Gasteiger partial charge is 0.185 e. The van der Waals surface area contributed by atoms with Crippen molar-refractivity contribution in [1.29, 1.82) is 0 Å². The molecule has 0 fully saturated rings. The van der Waals surface area contributed by atoms with Crippen molar-refractivity contribution in [2.45, 2.75) is 26.4 Å². The molecule has 6 heteroatoms. The molecule has 2 aromatic rings. The summed E-state index contributed by atoms with van der Waals surface area (Å²) in [5, 5.41) is 6.55. The van der Waals surface area contributed by atoms with E-state index in [1.807, 2.05) is 6.07 Å². The maximum Gasteiger partial charge on any atom is 0.185 e. The largest absolute Gasteiger partial charge is 0.346 e. The third-order valence-electron chi connectivity index (χ3n) is 2.81. The van der Waals surface area contributed by atoms with Crippen molar-refractivity contribution in [3.63, 3.8) is 0 Å². The van der Waals surface area contributed by atoms with Gasteiger partial charge in [-0.15, -0.1) is 22.7 Å². The molecule has 2 rings (SSSR count). The topological polar surface area (TPSA) is 28.2 Å². The lowest BCUT2D eigenvalue weighted by Gasteiger charge is -2.14. The van der Waals surface area contributed by atoms with Crippen LogP contribution >= 0.6 is 34.3 Å². The van der Waals surface area contributed by atoms with Crippen LogP contribution in [0.2, 0.25) is 4.34 Å². The van der Waals surface area contributed by atoms with Crippen molar-refractivity contribution in [3.05, 3.63) is 32.4 Å². The van der Waals surface area contributed by atoms with Crippen LogP contribution < -0.4 is 10.2 Å². The van der Waals surface area contributed by atoms with Gasteiger partial charge < -0.3 is 10.2 Å². The van der Waals surface area contributed by atoms with Crippen molar-refractivity contribution < 1.29 is 0 Å². The Morgan fingerprint density at radius 2 is 2.26 bits per heavy atom. The normalized spacial score (nSPS) is 12.6. The number of nitrogens with zero attached hydrogens (tertiary/aromatic N) is 2. The van der Waals surface area contributed by atoms with Crippen LogP contribution in [-0.2, 0) is 6.54 Å². The first-order chi connectivity index (χ1) is 9.10. The van der Waals surface area contributed by atoms with Gasteiger partial charge in [-0.1, -0.05) is 18.5 Å². The molecule has 1 atom stereocenters. The Balaban J connectivity index is 2.01. The number of anilines is 1. The minimum Gasteiger partial charge on any atom is -0.346 e. The summed E-state index contributed by atoms with van der Waals surface area (Å²) in [7, 11) is 2.06. The molecular formula is C13H18ClN3S2. The molecule has 0 aliphatic heterocycles. The SMILES string of the molecule is CCNC(C)c1csc(N(C)Cc2ccc(Cl)s2)n1. The Hall–Kier alpha value is -0.620. The molecule has 0 spiro atoms. The summed E-state index contributed by atoms with van der Waals surface area (Å²) in [4.78, 5) is 8.10. The second-order valence-corrected chi connectivity index (χ2v) is 7.03. The highest BCUT2D eigenvalue weighted by Crippen LogP contribution is 2.27. The Labute approximate surface area is 127 Å². The zero-order valence-corrected chi connectivity index (χ0v) is 13.7. The van der Waals surface area contributed by atoms with Crippen LogP contribution in [0.1, 0.15) is 30.5 Å². The molecule has 3 nitrogen and oxygen atoms in total. The van der Waals surface area contributed by atoms with Gasteiger partial charge in [-0.2, -0.15) is 0 Å². The first-order valence-corrected chi connectivity index (χ1v) is 8.31. The molecule has 0 aliphatic carbocycles. The first kappa shape index (κ1) is 14.8. The Bertz CT molecular complexity index is 523. The van der Waals surface area contributed by atoms with Gasteiger partial charge in [-0.05, 0) is 25.6 Å². The molecule has 19 heavy (non-hydrogen) atoms. The van der Waals surface area contributed by atoms with Gasteiger partial charge in [0.15, 0.2) is 5.13 Å². The fraction of sp³-hybridized carbons (Fsp3) is 0.462. The number of halogens is 1. The van der Waals surface area contributed by atoms with E-state index in [1.165, 1.54) is 4.88 Å². The molecule has 2 aromatic heterocycles. The Morgan fingerprint density at radius 1 is 1.47 bits per heavy atom. The van der Waals surface area contributed by atoms with Gasteiger partial charge >= 0.3 is 0 Å². The molecule has 0 radical (unpaired) electrons. The first-order valence-electron chi connectivity index (χ1n) is 6.24. The number of rotatable bonds is 6. The minimum absolute atomic E-state index is 0.305. The van der Waals surface area contributed by atoms with Crippen molar-refractivity contribution in [3.8, 4) is 0 Å². The molecular weight excluding hydrogens is 298 g/mol. The van der Waals surface area contributed by atoms with E-state index in [-0.39, 0.29) is 0 Å². The van der Waals surface area contributed by atoms with Crippen molar-refractivity contribution in [2.24, 2.45) is 0 Å². The quantitative estimate of drug-likeness (QED) is 0.867. The van der Waals surface area contributed by atoms with E-state index >= 15 is 0 Å². The van der Waals surface area contributed by atoms with Crippen LogP contribution in [0, 0.1) is 0 Å². The highest BCUT2D eigenvalue weighted by atomic mass is 35.5. The molecule has 1 unspecified atom stereocenters. The summed E-state index contributed by atoms with van der Waals surface area (Å²) < 4.78 is 0.837. The summed E-state index contributed by atoms with van der Waals surface area (Å²) in [6, 6.07) is 4.31. The van der Waals surface area contributed by atoms with Crippen LogP contribution in [0.15, 0.2) is 17.5 Å². The minimum atomic E-state index is 0.305. The van der Waals surface area contributed by atoms with Crippen LogP contribution in [0.4, 0.5) is 5.13 Å². The maximum atomic E-state index is 5.95. The molecule has 0 aromatic carbocycles. The van der Waals surface area contributed by atoms with Gasteiger partial charge in [0.1, 0.15) is 0 Å². The van der Waals surface area contributed by atoms with Gasteiger partial charge in [0.2, 0.25) is 0 Å². The number of hydrogen-bond donors (Lipinski definition) is 1. The van der Waals surface area contributed by atoms with E-state index in [4.69, 9.17) is 11.6 Å². The van der Waals surface area contributed by atoms with Crippen LogP contribution in [0.25, 0.3) is 0 Å². The van der Waals surface area contributed by atoms with E-state index in [2.05, 4.69) is 47.5 Å². The molecule has 0 saturated heterocycles. The molecule has 0 aliphatic rings. The van der Waals surface area contributed by atoms with E-state index in [0.29, 0.717) is 6.04 Å². The third kappa shape index (κ3) is 3.92. The lowest BCUT2D eigenvalue weighted by molar-refractivity contribution is 0.586. The highest BCUT2D eigenvalue weighted by molar-refractivity contribution is 7.16. The fourth-order valence-electron chi connectivity index (χ4n) is 1.80. The van der Waals surface area contributed by atoms with Crippen molar-refractivity contribution >= 4 is 39.4 Å². The van der Waals surface area contributed by atoms with Crippen LogP contribution in [-0.4, -0.2) is 18.6 Å². The molecule has 1 N–H and O–H groups in total. The van der Waals surface area contributed by atoms with Gasteiger partial charge in [0, 0.05) is 23.3 Å². The predicted octanol–water partition coefficient (Wildman–Crippen LogP) is 4.16. The molecule has 0 amide bonds. The number of hydrogen-bond acceptors (Lipinski definition) is 5. The molecule has 2 heterocycles. The van der Waals surface area contributed by atoms with E-state index in [0.717, 1.165) is 28.3 Å². The number of nitrogens with one attached hydrogen (secondary N) is 1. The zero-order valence-electron chi connectivity index (χ0n) is 11.3. The molecule has 0 saturated carbocycles. The lowest BCUT2D eigenvalue weighted by atomic mass is 10.3. The van der Waals surface area contributed by atoms with Crippen molar-refractivity contribution in [1.82, 2.24) is 10.3 Å². The number of thiazole rings is 1. The second-order valence-electron chi connectivity index (χ2n) is 4.40. The van der Waals surface area contributed by atoms with E-state index < -0.39 is 0 Å². The van der Waals surface area contributed by atoms with Gasteiger partial charge in [0.25, 0.3) is 0 Å². The third-order valence-corrected chi connectivity index (χ3v) is 5.00. The lowest BCUT2D eigenvalue weighted by Crippen LogP contribution is -2.19. The highest BCUT2D eigenvalue weighted by Gasteiger charge is 2.12. The monoisotopic (exact) mass is 315 g/mol. The van der Waals surface area contributed by atoms with Crippen LogP contribution in [0.5, 0.6) is 0 Å². The van der Waals surface area contributed by atoms with E-state index in [1.54, 1.807) is 22.7 Å². The van der Waals surface area contributed by atoms with Crippen molar-refractivity contribution in [2.75, 3.05) is 18.5 Å². The molecule has 0 bridgehead atoms. The van der Waals surface area contributed by atoms with Gasteiger partial charge in [-0.3, -0.25) is 0 Å². The van der Waals surface area contributed by atoms with E-state index in [9.17, 15) is 0 Å².